The molecular weight excluding hydrogens is 248 g/mol. The van der Waals surface area contributed by atoms with Crippen molar-refractivity contribution in [3.8, 4) is 0 Å². The molecule has 18 heavy (non-hydrogen) atoms. The van der Waals surface area contributed by atoms with Gasteiger partial charge in [0.05, 0.1) is 6.54 Å². The zero-order chi connectivity index (χ0) is 12.5. The molecule has 2 aromatic rings. The molecule has 0 fully saturated rings. The second-order valence-corrected chi connectivity index (χ2v) is 4.83. The van der Waals surface area contributed by atoms with Gasteiger partial charge >= 0.3 is 0 Å². The van der Waals surface area contributed by atoms with E-state index in [9.17, 15) is 0 Å². The first kappa shape index (κ1) is 11.5. The summed E-state index contributed by atoms with van der Waals surface area (Å²) in [5.41, 5.74) is 0. The molecule has 0 unspecified atom stereocenters. The SMILES string of the molecule is CCCn1c(N2CCn3ccnc3C2)n[nH]c1=S. The van der Waals surface area contributed by atoms with Gasteiger partial charge in [0.1, 0.15) is 5.82 Å². The Hall–Kier alpha value is -1.63. The molecule has 2 aromatic heterocycles. The summed E-state index contributed by atoms with van der Waals surface area (Å²) >= 11 is 5.27. The van der Waals surface area contributed by atoms with Crippen LogP contribution in [-0.4, -0.2) is 30.9 Å². The number of imidazole rings is 1. The van der Waals surface area contributed by atoms with Crippen LogP contribution in [0, 0.1) is 4.77 Å². The summed E-state index contributed by atoms with van der Waals surface area (Å²) in [6.45, 7) is 5.71. The zero-order valence-corrected chi connectivity index (χ0v) is 11.2. The van der Waals surface area contributed by atoms with Crippen LogP contribution in [0.15, 0.2) is 12.4 Å². The Morgan fingerprint density at radius 1 is 1.44 bits per heavy atom. The molecule has 1 N–H and O–H groups in total. The van der Waals surface area contributed by atoms with Crippen molar-refractivity contribution in [1.82, 2.24) is 24.3 Å². The van der Waals surface area contributed by atoms with Gasteiger partial charge in [-0.2, -0.15) is 0 Å². The van der Waals surface area contributed by atoms with Crippen LogP contribution < -0.4 is 4.90 Å². The Bertz CT molecular complexity index is 595. The average Bonchev–Trinajstić information content (AvgIpc) is 2.97. The first-order valence-corrected chi connectivity index (χ1v) is 6.60. The molecule has 0 bridgehead atoms. The zero-order valence-electron chi connectivity index (χ0n) is 10.3. The van der Waals surface area contributed by atoms with Crippen molar-refractivity contribution in [3.05, 3.63) is 23.0 Å². The van der Waals surface area contributed by atoms with Crippen molar-refractivity contribution in [2.45, 2.75) is 33.0 Å². The van der Waals surface area contributed by atoms with E-state index >= 15 is 0 Å². The molecule has 0 aliphatic carbocycles. The van der Waals surface area contributed by atoms with E-state index in [4.69, 9.17) is 12.2 Å². The van der Waals surface area contributed by atoms with E-state index < -0.39 is 0 Å². The van der Waals surface area contributed by atoms with Gasteiger partial charge < -0.3 is 9.47 Å². The summed E-state index contributed by atoms with van der Waals surface area (Å²) in [5, 5.41) is 7.23. The number of aromatic amines is 1. The van der Waals surface area contributed by atoms with Crippen LogP contribution in [0.4, 0.5) is 5.95 Å². The largest absolute Gasteiger partial charge is 0.332 e. The number of nitrogens with zero attached hydrogens (tertiary/aromatic N) is 5. The Kier molecular flexibility index (Phi) is 2.91. The predicted molar refractivity (Wildman–Crippen MR) is 71.0 cm³/mol. The summed E-state index contributed by atoms with van der Waals surface area (Å²) in [6, 6.07) is 0. The third kappa shape index (κ3) is 1.84. The van der Waals surface area contributed by atoms with E-state index in [2.05, 4.69) is 36.1 Å². The highest BCUT2D eigenvalue weighted by Gasteiger charge is 2.20. The maximum absolute atomic E-state index is 5.27. The minimum atomic E-state index is 0.695. The van der Waals surface area contributed by atoms with Crippen LogP contribution in [0.25, 0.3) is 0 Å². The van der Waals surface area contributed by atoms with Crippen molar-refractivity contribution in [2.24, 2.45) is 0 Å². The van der Waals surface area contributed by atoms with Gasteiger partial charge in [0.15, 0.2) is 4.77 Å². The molecule has 6 nitrogen and oxygen atoms in total. The molecule has 0 aromatic carbocycles. The van der Waals surface area contributed by atoms with Crippen LogP contribution in [0.1, 0.15) is 19.2 Å². The van der Waals surface area contributed by atoms with Crippen molar-refractivity contribution < 1.29 is 0 Å². The molecule has 96 valence electrons. The smallest absolute Gasteiger partial charge is 0.226 e. The minimum Gasteiger partial charge on any atom is -0.332 e. The standard InChI is InChI=1S/C11H16N6S/c1-2-4-17-10(13-14-11(17)18)16-7-6-15-5-3-12-9(15)8-16/h3,5H,2,4,6-8H2,1H3,(H,14,18). The lowest BCUT2D eigenvalue weighted by molar-refractivity contribution is 0.536. The van der Waals surface area contributed by atoms with Gasteiger partial charge in [-0.05, 0) is 18.6 Å². The Labute approximate surface area is 110 Å². The van der Waals surface area contributed by atoms with Gasteiger partial charge in [-0.15, -0.1) is 5.10 Å². The highest BCUT2D eigenvalue weighted by Crippen LogP contribution is 2.18. The predicted octanol–water partition coefficient (Wildman–Crippen LogP) is 1.57. The molecule has 0 atom stereocenters. The third-order valence-electron chi connectivity index (χ3n) is 3.21. The Balaban J connectivity index is 1.91. The van der Waals surface area contributed by atoms with Crippen LogP contribution >= 0.6 is 12.2 Å². The average molecular weight is 264 g/mol. The second-order valence-electron chi connectivity index (χ2n) is 4.44. The monoisotopic (exact) mass is 264 g/mol. The fourth-order valence-electron chi connectivity index (χ4n) is 2.32. The van der Waals surface area contributed by atoms with Gasteiger partial charge in [-0.1, -0.05) is 6.92 Å². The molecule has 0 spiro atoms. The number of aromatic nitrogens is 5. The molecule has 7 heteroatoms. The summed E-state index contributed by atoms with van der Waals surface area (Å²) in [5.74, 6) is 2.01. The van der Waals surface area contributed by atoms with Gasteiger partial charge in [-0.3, -0.25) is 4.57 Å². The number of anilines is 1. The molecule has 3 heterocycles. The van der Waals surface area contributed by atoms with Crippen molar-refractivity contribution >= 4 is 18.2 Å². The molecule has 3 rings (SSSR count). The molecular formula is C11H16N6S. The third-order valence-corrected chi connectivity index (χ3v) is 3.52. The summed E-state index contributed by atoms with van der Waals surface area (Å²) in [7, 11) is 0. The van der Waals surface area contributed by atoms with Gasteiger partial charge in [-0.25, -0.2) is 10.1 Å². The summed E-state index contributed by atoms with van der Waals surface area (Å²) in [6.07, 6.45) is 4.92. The fraction of sp³-hybridized carbons (Fsp3) is 0.545. The maximum atomic E-state index is 5.27. The van der Waals surface area contributed by atoms with E-state index in [-0.39, 0.29) is 0 Å². The highest BCUT2D eigenvalue weighted by molar-refractivity contribution is 7.71. The molecule has 1 aliphatic rings. The van der Waals surface area contributed by atoms with Gasteiger partial charge in [0, 0.05) is 32.0 Å². The quantitative estimate of drug-likeness (QED) is 0.855. The Morgan fingerprint density at radius 3 is 3.17 bits per heavy atom. The van der Waals surface area contributed by atoms with Crippen LogP contribution in [0.2, 0.25) is 0 Å². The van der Waals surface area contributed by atoms with Crippen molar-refractivity contribution in [2.75, 3.05) is 11.4 Å². The molecule has 0 saturated carbocycles. The first-order valence-electron chi connectivity index (χ1n) is 6.19. The normalized spacial score (nSPS) is 14.8. The summed E-state index contributed by atoms with van der Waals surface area (Å²) < 4.78 is 4.94. The molecule has 0 amide bonds. The molecule has 0 radical (unpaired) electrons. The number of H-pyrrole nitrogens is 1. The lowest BCUT2D eigenvalue weighted by atomic mass is 10.3. The van der Waals surface area contributed by atoms with E-state index in [0.717, 1.165) is 44.4 Å². The topological polar surface area (TPSA) is 54.7 Å². The second kappa shape index (κ2) is 4.56. The van der Waals surface area contributed by atoms with Gasteiger partial charge in [0.2, 0.25) is 5.95 Å². The van der Waals surface area contributed by atoms with E-state index in [1.807, 2.05) is 12.4 Å². The lowest BCUT2D eigenvalue weighted by Gasteiger charge is -2.28. The van der Waals surface area contributed by atoms with Crippen LogP contribution in [-0.2, 0) is 19.6 Å². The fourth-order valence-corrected chi connectivity index (χ4v) is 2.54. The number of fused-ring (bicyclic) bond motifs is 1. The summed E-state index contributed by atoms with van der Waals surface area (Å²) in [4.78, 5) is 6.59. The number of hydrogen-bond acceptors (Lipinski definition) is 4. The number of rotatable bonds is 3. The molecule has 1 aliphatic heterocycles. The van der Waals surface area contributed by atoms with Gasteiger partial charge in [0.25, 0.3) is 0 Å². The van der Waals surface area contributed by atoms with E-state index in [1.54, 1.807) is 0 Å². The Morgan fingerprint density at radius 2 is 2.33 bits per heavy atom. The van der Waals surface area contributed by atoms with Crippen LogP contribution in [0.3, 0.4) is 0 Å². The number of nitrogens with one attached hydrogen (secondary N) is 1. The lowest BCUT2D eigenvalue weighted by Crippen LogP contribution is -2.35. The number of hydrogen-bond donors (Lipinski definition) is 1. The van der Waals surface area contributed by atoms with Crippen molar-refractivity contribution in [1.29, 1.82) is 0 Å². The van der Waals surface area contributed by atoms with E-state index in [1.165, 1.54) is 0 Å². The van der Waals surface area contributed by atoms with E-state index in [0.29, 0.717) is 4.77 Å². The molecule has 0 saturated heterocycles. The van der Waals surface area contributed by atoms with Crippen LogP contribution in [0.5, 0.6) is 0 Å². The highest BCUT2D eigenvalue weighted by atomic mass is 32.1. The first-order chi connectivity index (χ1) is 8.79. The maximum Gasteiger partial charge on any atom is 0.226 e. The van der Waals surface area contributed by atoms with Crippen molar-refractivity contribution in [3.63, 3.8) is 0 Å². The minimum absolute atomic E-state index is 0.695.